The molecule has 0 saturated carbocycles. The zero-order chi connectivity index (χ0) is 20.8. The summed E-state index contributed by atoms with van der Waals surface area (Å²) in [6, 6.07) is 13.9. The third kappa shape index (κ3) is 5.19. The van der Waals surface area contributed by atoms with Gasteiger partial charge in [0.2, 0.25) is 5.91 Å². The van der Waals surface area contributed by atoms with Crippen LogP contribution in [0.4, 0.5) is 4.39 Å². The summed E-state index contributed by atoms with van der Waals surface area (Å²) in [5, 5.41) is 17.6. The number of hydrogen-bond acceptors (Lipinski definition) is 3. The molecule has 0 saturated heterocycles. The van der Waals surface area contributed by atoms with E-state index < -0.39 is 17.7 Å². The summed E-state index contributed by atoms with van der Waals surface area (Å²) < 4.78 is 15.9. The first-order valence-electron chi connectivity index (χ1n) is 9.60. The fourth-order valence-electron chi connectivity index (χ4n) is 3.49. The minimum Gasteiger partial charge on any atom is -0.481 e. The lowest BCUT2D eigenvalue weighted by Gasteiger charge is -2.16. The maximum absolute atomic E-state index is 14.0. The lowest BCUT2D eigenvalue weighted by molar-refractivity contribution is -0.137. The standard InChI is InChI=1S/C22H24FN3O3/c1-15-17-7-3-5-10-20(17)25-26(15)12-6-11-24-21(27)13-16(14-22(28)29)18-8-2-4-9-19(18)23/h2-5,7-10,16H,6,11-14H2,1H3,(H,24,27)(H,28,29). The van der Waals surface area contributed by atoms with E-state index in [0.717, 1.165) is 16.6 Å². The predicted octanol–water partition coefficient (Wildman–Crippen LogP) is 3.64. The van der Waals surface area contributed by atoms with Crippen LogP contribution in [-0.2, 0) is 16.1 Å². The zero-order valence-corrected chi connectivity index (χ0v) is 16.3. The van der Waals surface area contributed by atoms with Gasteiger partial charge in [0.15, 0.2) is 0 Å². The van der Waals surface area contributed by atoms with Gasteiger partial charge in [-0.2, -0.15) is 5.10 Å². The first-order chi connectivity index (χ1) is 14.0. The maximum atomic E-state index is 14.0. The van der Waals surface area contributed by atoms with E-state index in [1.165, 1.54) is 18.2 Å². The molecule has 7 heteroatoms. The Kier molecular flexibility index (Phi) is 6.59. The van der Waals surface area contributed by atoms with Gasteiger partial charge >= 0.3 is 5.97 Å². The van der Waals surface area contributed by atoms with E-state index in [9.17, 15) is 14.0 Å². The number of aromatic nitrogens is 2. The van der Waals surface area contributed by atoms with Crippen molar-refractivity contribution < 1.29 is 19.1 Å². The van der Waals surface area contributed by atoms with Gasteiger partial charge in [0.05, 0.1) is 11.9 Å². The molecule has 0 bridgehead atoms. The van der Waals surface area contributed by atoms with Gasteiger partial charge in [0.1, 0.15) is 5.82 Å². The number of fused-ring (bicyclic) bond motifs is 1. The maximum Gasteiger partial charge on any atom is 0.303 e. The van der Waals surface area contributed by atoms with Crippen molar-refractivity contribution in [2.45, 2.75) is 38.6 Å². The smallest absolute Gasteiger partial charge is 0.303 e. The molecule has 3 aromatic rings. The minimum atomic E-state index is -1.06. The Hall–Kier alpha value is -3.22. The number of benzene rings is 2. The molecular weight excluding hydrogens is 373 g/mol. The average molecular weight is 397 g/mol. The molecule has 0 radical (unpaired) electrons. The van der Waals surface area contributed by atoms with Gasteiger partial charge in [-0.25, -0.2) is 4.39 Å². The van der Waals surface area contributed by atoms with Gasteiger partial charge in [-0.05, 0) is 31.0 Å². The van der Waals surface area contributed by atoms with E-state index >= 15 is 0 Å². The Morgan fingerprint density at radius 2 is 1.86 bits per heavy atom. The summed E-state index contributed by atoms with van der Waals surface area (Å²) in [5.41, 5.74) is 2.27. The molecule has 3 rings (SSSR count). The van der Waals surface area contributed by atoms with Crippen LogP contribution in [0.25, 0.3) is 10.9 Å². The van der Waals surface area contributed by atoms with Crippen LogP contribution < -0.4 is 5.32 Å². The van der Waals surface area contributed by atoms with Crippen LogP contribution >= 0.6 is 0 Å². The number of carboxylic acids is 1. The van der Waals surface area contributed by atoms with E-state index in [2.05, 4.69) is 10.4 Å². The molecule has 1 unspecified atom stereocenters. The van der Waals surface area contributed by atoms with Gasteiger partial charge in [-0.1, -0.05) is 36.4 Å². The molecule has 1 aromatic heterocycles. The van der Waals surface area contributed by atoms with Gasteiger partial charge in [0, 0.05) is 36.5 Å². The van der Waals surface area contributed by atoms with E-state index in [4.69, 9.17) is 5.11 Å². The molecule has 6 nitrogen and oxygen atoms in total. The van der Waals surface area contributed by atoms with Crippen molar-refractivity contribution in [1.29, 1.82) is 0 Å². The molecule has 0 aliphatic carbocycles. The number of carbonyl (C=O) groups is 2. The molecule has 0 aliphatic rings. The number of amides is 1. The molecule has 1 amide bonds. The number of nitrogens with zero attached hydrogens (tertiary/aromatic N) is 2. The number of nitrogens with one attached hydrogen (secondary N) is 1. The fourth-order valence-corrected chi connectivity index (χ4v) is 3.49. The number of aliphatic carboxylic acids is 1. The monoisotopic (exact) mass is 397 g/mol. The molecule has 2 aromatic carbocycles. The second-order valence-corrected chi connectivity index (χ2v) is 7.05. The van der Waals surface area contributed by atoms with E-state index in [0.29, 0.717) is 19.5 Å². The minimum absolute atomic E-state index is 0.0715. The highest BCUT2D eigenvalue weighted by Crippen LogP contribution is 2.26. The average Bonchev–Trinajstić information content (AvgIpc) is 3.01. The third-order valence-electron chi connectivity index (χ3n) is 4.98. The highest BCUT2D eigenvalue weighted by atomic mass is 19.1. The Bertz CT molecular complexity index is 1020. The Morgan fingerprint density at radius 3 is 2.59 bits per heavy atom. The van der Waals surface area contributed by atoms with Crippen LogP contribution in [0.1, 0.15) is 36.4 Å². The van der Waals surface area contributed by atoms with E-state index in [-0.39, 0.29) is 24.3 Å². The molecule has 29 heavy (non-hydrogen) atoms. The first kappa shape index (κ1) is 20.5. The molecule has 152 valence electrons. The van der Waals surface area contributed by atoms with Gasteiger partial charge in [-0.3, -0.25) is 14.3 Å². The van der Waals surface area contributed by atoms with Crippen LogP contribution in [0.3, 0.4) is 0 Å². The van der Waals surface area contributed by atoms with Crippen LogP contribution in [-0.4, -0.2) is 33.3 Å². The van der Waals surface area contributed by atoms with Gasteiger partial charge in [0.25, 0.3) is 0 Å². The number of aryl methyl sites for hydroxylation is 2. The molecular formula is C22H24FN3O3. The molecule has 2 N–H and O–H groups in total. The third-order valence-corrected chi connectivity index (χ3v) is 4.98. The SMILES string of the molecule is Cc1c2ccccc2nn1CCCNC(=O)CC(CC(=O)O)c1ccccc1F. The number of halogens is 1. The zero-order valence-electron chi connectivity index (χ0n) is 16.3. The molecule has 0 fully saturated rings. The van der Waals surface area contributed by atoms with Crippen molar-refractivity contribution >= 4 is 22.8 Å². The highest BCUT2D eigenvalue weighted by molar-refractivity contribution is 5.81. The van der Waals surface area contributed by atoms with Crippen molar-refractivity contribution in [2.24, 2.45) is 0 Å². The van der Waals surface area contributed by atoms with Crippen molar-refractivity contribution in [1.82, 2.24) is 15.1 Å². The van der Waals surface area contributed by atoms with Crippen molar-refractivity contribution in [2.75, 3.05) is 6.54 Å². The second kappa shape index (κ2) is 9.32. The number of hydrogen-bond donors (Lipinski definition) is 2. The summed E-state index contributed by atoms with van der Waals surface area (Å²) in [5.74, 6) is -2.55. The Balaban J connectivity index is 1.53. The van der Waals surface area contributed by atoms with Crippen LogP contribution in [0.5, 0.6) is 0 Å². The lowest BCUT2D eigenvalue weighted by Crippen LogP contribution is -2.27. The first-order valence-corrected chi connectivity index (χ1v) is 9.60. The molecule has 0 aliphatic heterocycles. The van der Waals surface area contributed by atoms with Crippen LogP contribution in [0.2, 0.25) is 0 Å². The van der Waals surface area contributed by atoms with Crippen molar-refractivity contribution in [3.63, 3.8) is 0 Å². The van der Waals surface area contributed by atoms with Crippen LogP contribution in [0.15, 0.2) is 48.5 Å². The van der Waals surface area contributed by atoms with E-state index in [1.807, 2.05) is 35.9 Å². The summed E-state index contributed by atoms with van der Waals surface area (Å²) in [7, 11) is 0. The Morgan fingerprint density at radius 1 is 1.14 bits per heavy atom. The van der Waals surface area contributed by atoms with Gasteiger partial charge in [-0.15, -0.1) is 0 Å². The summed E-state index contributed by atoms with van der Waals surface area (Å²) in [6.07, 6.45) is 0.315. The lowest BCUT2D eigenvalue weighted by atomic mass is 9.91. The quantitative estimate of drug-likeness (QED) is 0.540. The molecule has 0 spiro atoms. The second-order valence-electron chi connectivity index (χ2n) is 7.05. The highest BCUT2D eigenvalue weighted by Gasteiger charge is 2.22. The summed E-state index contributed by atoms with van der Waals surface area (Å²) in [4.78, 5) is 23.4. The van der Waals surface area contributed by atoms with Crippen molar-refractivity contribution in [3.8, 4) is 0 Å². The van der Waals surface area contributed by atoms with Crippen LogP contribution in [0, 0.1) is 12.7 Å². The number of carboxylic acid groups (broad SMARTS) is 1. The fraction of sp³-hybridized carbons (Fsp3) is 0.318. The predicted molar refractivity (Wildman–Crippen MR) is 108 cm³/mol. The largest absolute Gasteiger partial charge is 0.481 e. The number of rotatable bonds is 9. The molecule has 1 atom stereocenters. The Labute approximate surface area is 168 Å². The normalized spacial score (nSPS) is 12.1. The number of carbonyl (C=O) groups excluding carboxylic acids is 1. The van der Waals surface area contributed by atoms with Gasteiger partial charge < -0.3 is 10.4 Å². The topological polar surface area (TPSA) is 84.2 Å². The summed E-state index contributed by atoms with van der Waals surface area (Å²) in [6.45, 7) is 3.11. The van der Waals surface area contributed by atoms with E-state index in [1.54, 1.807) is 6.07 Å². The molecule has 1 heterocycles. The van der Waals surface area contributed by atoms with Crippen molar-refractivity contribution in [3.05, 3.63) is 65.6 Å². The summed E-state index contributed by atoms with van der Waals surface area (Å²) >= 11 is 0.